The molecule has 0 aliphatic rings. The lowest BCUT2D eigenvalue weighted by Gasteiger charge is -2.18. The van der Waals surface area contributed by atoms with Crippen molar-refractivity contribution in [2.24, 2.45) is 5.41 Å². The zero-order chi connectivity index (χ0) is 19.6. The molecule has 2 amide bonds. The maximum atomic E-state index is 12.1. The molecule has 7 heteroatoms. The van der Waals surface area contributed by atoms with Crippen molar-refractivity contribution in [1.82, 2.24) is 16.2 Å². The fraction of sp³-hybridized carbons (Fsp3) is 0.526. The number of hydrogen-bond acceptors (Lipinski definition) is 4. The van der Waals surface area contributed by atoms with Gasteiger partial charge in [-0.2, -0.15) is 0 Å². The van der Waals surface area contributed by atoms with E-state index in [0.717, 1.165) is 18.6 Å². The van der Waals surface area contributed by atoms with Crippen LogP contribution in [0.5, 0.6) is 5.75 Å². The highest BCUT2D eigenvalue weighted by Gasteiger charge is 2.22. The van der Waals surface area contributed by atoms with Crippen LogP contribution in [0.3, 0.4) is 0 Å². The zero-order valence-corrected chi connectivity index (χ0v) is 16.8. The molecule has 1 rings (SSSR count). The lowest BCUT2D eigenvalue weighted by Crippen LogP contribution is -2.50. The largest absolute Gasteiger partial charge is 0.494 e. The molecule has 0 radical (unpaired) electrons. The van der Waals surface area contributed by atoms with Crippen LogP contribution >= 0.6 is 12.2 Å². The minimum Gasteiger partial charge on any atom is -0.494 e. The Bertz CT molecular complexity index is 609. The summed E-state index contributed by atoms with van der Waals surface area (Å²) in [6, 6.07) is 6.87. The predicted molar refractivity (Wildman–Crippen MR) is 107 cm³/mol. The van der Waals surface area contributed by atoms with Gasteiger partial charge in [-0.3, -0.25) is 20.4 Å². The van der Waals surface area contributed by atoms with E-state index >= 15 is 0 Å². The molecule has 0 aliphatic carbocycles. The van der Waals surface area contributed by atoms with Crippen LogP contribution in [-0.4, -0.2) is 23.5 Å². The fourth-order valence-electron chi connectivity index (χ4n) is 1.93. The molecule has 0 unspecified atom stereocenters. The number of unbranched alkanes of at least 4 members (excludes halogenated alkanes) is 3. The van der Waals surface area contributed by atoms with Gasteiger partial charge in [0.25, 0.3) is 5.91 Å². The van der Waals surface area contributed by atoms with E-state index < -0.39 is 5.41 Å². The van der Waals surface area contributed by atoms with Crippen LogP contribution in [0.4, 0.5) is 0 Å². The van der Waals surface area contributed by atoms with Crippen molar-refractivity contribution >= 4 is 29.1 Å². The van der Waals surface area contributed by atoms with Gasteiger partial charge in [-0.15, -0.1) is 0 Å². The lowest BCUT2D eigenvalue weighted by atomic mass is 9.96. The standard InChI is InChI=1S/C19H29N3O3S/c1-5-6-7-8-13-25-15-11-9-14(10-12-15)16(23)21-22-18(26)20-17(24)19(2,3)4/h9-12H,5-8,13H2,1-4H3,(H,21,23)(H2,20,22,24,26). The molecule has 0 saturated carbocycles. The van der Waals surface area contributed by atoms with Crippen molar-refractivity contribution in [3.05, 3.63) is 29.8 Å². The quantitative estimate of drug-likeness (QED) is 0.385. The summed E-state index contributed by atoms with van der Waals surface area (Å²) in [5.74, 6) is 0.149. The van der Waals surface area contributed by atoms with Crippen molar-refractivity contribution in [2.45, 2.75) is 53.4 Å². The first-order valence-electron chi connectivity index (χ1n) is 8.88. The number of hydrogen-bond donors (Lipinski definition) is 3. The Labute approximate surface area is 161 Å². The SMILES string of the molecule is CCCCCCOc1ccc(C(=O)NNC(=S)NC(=O)C(C)(C)C)cc1. The number of nitrogens with one attached hydrogen (secondary N) is 3. The molecular formula is C19H29N3O3S. The summed E-state index contributed by atoms with van der Waals surface area (Å²) < 4.78 is 5.65. The molecule has 0 heterocycles. The maximum Gasteiger partial charge on any atom is 0.269 e. The van der Waals surface area contributed by atoms with Crippen LogP contribution in [0.25, 0.3) is 0 Å². The smallest absolute Gasteiger partial charge is 0.269 e. The number of thiocarbonyl (C=S) groups is 1. The average molecular weight is 380 g/mol. The summed E-state index contributed by atoms with van der Waals surface area (Å²) in [7, 11) is 0. The van der Waals surface area contributed by atoms with Crippen LogP contribution in [0.1, 0.15) is 63.7 Å². The normalized spacial score (nSPS) is 10.8. The fourth-order valence-corrected chi connectivity index (χ4v) is 2.07. The van der Waals surface area contributed by atoms with E-state index in [1.54, 1.807) is 45.0 Å². The zero-order valence-electron chi connectivity index (χ0n) is 16.0. The molecule has 0 aliphatic heterocycles. The lowest BCUT2D eigenvalue weighted by molar-refractivity contribution is -0.126. The van der Waals surface area contributed by atoms with Gasteiger partial charge < -0.3 is 10.1 Å². The topological polar surface area (TPSA) is 79.5 Å². The second kappa shape index (κ2) is 10.8. The van der Waals surface area contributed by atoms with Crippen molar-refractivity contribution < 1.29 is 14.3 Å². The third-order valence-corrected chi connectivity index (χ3v) is 3.79. The second-order valence-electron chi connectivity index (χ2n) is 7.05. The van der Waals surface area contributed by atoms with Gasteiger partial charge in [0, 0.05) is 11.0 Å². The first-order valence-corrected chi connectivity index (χ1v) is 9.29. The number of ether oxygens (including phenoxy) is 1. The summed E-state index contributed by atoms with van der Waals surface area (Å²) in [5.41, 5.74) is 4.87. The molecule has 0 saturated heterocycles. The highest BCUT2D eigenvalue weighted by Crippen LogP contribution is 2.13. The Hall–Kier alpha value is -2.15. The molecule has 26 heavy (non-hydrogen) atoms. The van der Waals surface area contributed by atoms with Gasteiger partial charge in [0.2, 0.25) is 5.91 Å². The monoisotopic (exact) mass is 379 g/mol. The first kappa shape index (κ1) is 21.9. The number of benzene rings is 1. The van der Waals surface area contributed by atoms with Crippen LogP contribution in [0, 0.1) is 5.41 Å². The van der Waals surface area contributed by atoms with Crippen LogP contribution < -0.4 is 20.9 Å². The summed E-state index contributed by atoms with van der Waals surface area (Å²) in [4.78, 5) is 23.9. The molecule has 144 valence electrons. The van der Waals surface area contributed by atoms with Gasteiger partial charge in [-0.05, 0) is 42.9 Å². The van der Waals surface area contributed by atoms with E-state index in [9.17, 15) is 9.59 Å². The molecule has 1 aromatic rings. The van der Waals surface area contributed by atoms with Gasteiger partial charge in [0.15, 0.2) is 5.11 Å². The molecular weight excluding hydrogens is 350 g/mol. The van der Waals surface area contributed by atoms with Gasteiger partial charge >= 0.3 is 0 Å². The Morgan fingerprint density at radius 3 is 2.27 bits per heavy atom. The van der Waals surface area contributed by atoms with Crippen molar-refractivity contribution in [3.8, 4) is 5.75 Å². The number of carbonyl (C=O) groups is 2. The third kappa shape index (κ3) is 8.29. The molecule has 0 bridgehead atoms. The summed E-state index contributed by atoms with van der Waals surface area (Å²) in [5, 5.41) is 2.57. The van der Waals surface area contributed by atoms with Gasteiger partial charge in [0.05, 0.1) is 6.61 Å². The first-order chi connectivity index (χ1) is 12.2. The molecule has 0 atom stereocenters. The number of carbonyl (C=O) groups excluding carboxylic acids is 2. The Morgan fingerprint density at radius 2 is 1.69 bits per heavy atom. The number of hydrazine groups is 1. The minimum absolute atomic E-state index is 0.0466. The summed E-state index contributed by atoms with van der Waals surface area (Å²) >= 11 is 4.99. The molecule has 3 N–H and O–H groups in total. The average Bonchev–Trinajstić information content (AvgIpc) is 2.59. The van der Waals surface area contributed by atoms with E-state index in [1.807, 2.05) is 0 Å². The molecule has 6 nitrogen and oxygen atoms in total. The summed E-state index contributed by atoms with van der Waals surface area (Å²) in [6.07, 6.45) is 4.60. The van der Waals surface area contributed by atoms with E-state index in [1.165, 1.54) is 12.8 Å². The predicted octanol–water partition coefficient (Wildman–Crippen LogP) is 3.33. The highest BCUT2D eigenvalue weighted by molar-refractivity contribution is 7.80. The summed E-state index contributed by atoms with van der Waals surface area (Å²) in [6.45, 7) is 8.17. The van der Waals surface area contributed by atoms with Gasteiger partial charge in [-0.25, -0.2) is 0 Å². The molecule has 1 aromatic carbocycles. The van der Waals surface area contributed by atoms with Crippen molar-refractivity contribution in [2.75, 3.05) is 6.61 Å². The molecule has 0 spiro atoms. The van der Waals surface area contributed by atoms with Gasteiger partial charge in [-0.1, -0.05) is 47.0 Å². The molecule has 0 fully saturated rings. The minimum atomic E-state index is -0.567. The maximum absolute atomic E-state index is 12.1. The molecule has 0 aromatic heterocycles. The van der Waals surface area contributed by atoms with Crippen LogP contribution in [0.2, 0.25) is 0 Å². The Kier molecular flexibility index (Phi) is 9.05. The third-order valence-electron chi connectivity index (χ3n) is 3.58. The van der Waals surface area contributed by atoms with Crippen molar-refractivity contribution in [3.63, 3.8) is 0 Å². The van der Waals surface area contributed by atoms with E-state index in [-0.39, 0.29) is 16.9 Å². The Morgan fingerprint density at radius 1 is 1.04 bits per heavy atom. The van der Waals surface area contributed by atoms with E-state index in [4.69, 9.17) is 17.0 Å². The Balaban J connectivity index is 2.38. The van der Waals surface area contributed by atoms with Crippen LogP contribution in [0.15, 0.2) is 24.3 Å². The highest BCUT2D eigenvalue weighted by atomic mass is 32.1. The van der Waals surface area contributed by atoms with E-state index in [0.29, 0.717) is 12.2 Å². The number of amides is 2. The number of rotatable bonds is 7. The second-order valence-corrected chi connectivity index (χ2v) is 7.45. The van der Waals surface area contributed by atoms with E-state index in [2.05, 4.69) is 23.1 Å². The van der Waals surface area contributed by atoms with Gasteiger partial charge in [0.1, 0.15) is 5.75 Å². The van der Waals surface area contributed by atoms with Crippen molar-refractivity contribution in [1.29, 1.82) is 0 Å². The van der Waals surface area contributed by atoms with Crippen LogP contribution in [-0.2, 0) is 4.79 Å².